The van der Waals surface area contributed by atoms with Crippen LogP contribution in [-0.2, 0) is 17.8 Å². The largest absolute Gasteiger partial charge is 0.352 e. The minimum atomic E-state index is 0.0322. The Kier molecular flexibility index (Phi) is 5.40. The van der Waals surface area contributed by atoms with Crippen LogP contribution in [0, 0.1) is 12.8 Å². The van der Waals surface area contributed by atoms with Gasteiger partial charge in [0.1, 0.15) is 0 Å². The molecular formula is C22H26N2O2. The van der Waals surface area contributed by atoms with Gasteiger partial charge in [0.2, 0.25) is 5.91 Å². The summed E-state index contributed by atoms with van der Waals surface area (Å²) >= 11 is 0. The first-order chi connectivity index (χ1) is 12.4. The van der Waals surface area contributed by atoms with Crippen molar-refractivity contribution in [3.05, 3.63) is 64.7 Å². The predicted octanol–water partition coefficient (Wildman–Crippen LogP) is 3.86. The SMILES string of the molecule is Cc1ccc(C(=O)N2CCc3ccc(CNC(=O)CC(C)C)cc32)cc1. The molecule has 4 nitrogen and oxygen atoms in total. The maximum absolute atomic E-state index is 12.9. The van der Waals surface area contributed by atoms with Crippen molar-refractivity contribution in [2.75, 3.05) is 11.4 Å². The topological polar surface area (TPSA) is 49.4 Å². The second-order valence-corrected chi connectivity index (χ2v) is 7.41. The molecule has 0 unspecified atom stereocenters. The lowest BCUT2D eigenvalue weighted by atomic mass is 10.1. The van der Waals surface area contributed by atoms with Crippen molar-refractivity contribution in [1.29, 1.82) is 0 Å². The van der Waals surface area contributed by atoms with E-state index in [1.165, 1.54) is 5.56 Å². The molecule has 2 amide bonds. The van der Waals surface area contributed by atoms with E-state index in [0.717, 1.165) is 23.2 Å². The smallest absolute Gasteiger partial charge is 0.258 e. The highest BCUT2D eigenvalue weighted by atomic mass is 16.2. The van der Waals surface area contributed by atoms with Gasteiger partial charge >= 0.3 is 0 Å². The second kappa shape index (κ2) is 7.73. The van der Waals surface area contributed by atoms with Crippen LogP contribution in [0.1, 0.15) is 47.3 Å². The van der Waals surface area contributed by atoms with Crippen LogP contribution in [0.3, 0.4) is 0 Å². The molecule has 0 aliphatic carbocycles. The van der Waals surface area contributed by atoms with E-state index in [2.05, 4.69) is 11.4 Å². The molecule has 0 spiro atoms. The zero-order chi connectivity index (χ0) is 18.7. The lowest BCUT2D eigenvalue weighted by Crippen LogP contribution is -2.29. The summed E-state index contributed by atoms with van der Waals surface area (Å²) in [5, 5.41) is 2.96. The van der Waals surface area contributed by atoms with Crippen molar-refractivity contribution < 1.29 is 9.59 Å². The molecule has 1 aliphatic heterocycles. The van der Waals surface area contributed by atoms with Crippen molar-refractivity contribution in [2.45, 2.75) is 40.2 Å². The van der Waals surface area contributed by atoms with Crippen LogP contribution >= 0.6 is 0 Å². The van der Waals surface area contributed by atoms with Gasteiger partial charge in [-0.2, -0.15) is 0 Å². The van der Waals surface area contributed by atoms with E-state index in [4.69, 9.17) is 0 Å². The number of hydrogen-bond donors (Lipinski definition) is 1. The Balaban J connectivity index is 1.73. The van der Waals surface area contributed by atoms with E-state index in [0.29, 0.717) is 31.0 Å². The maximum Gasteiger partial charge on any atom is 0.258 e. The molecule has 0 saturated carbocycles. The number of rotatable bonds is 5. The highest BCUT2D eigenvalue weighted by Crippen LogP contribution is 2.30. The zero-order valence-corrected chi connectivity index (χ0v) is 15.7. The summed E-state index contributed by atoms with van der Waals surface area (Å²) in [6.07, 6.45) is 1.40. The van der Waals surface area contributed by atoms with Crippen LogP contribution in [0.5, 0.6) is 0 Å². The fourth-order valence-electron chi connectivity index (χ4n) is 3.24. The normalized spacial score (nSPS) is 13.0. The third kappa shape index (κ3) is 4.13. The van der Waals surface area contributed by atoms with Gasteiger partial charge < -0.3 is 10.2 Å². The van der Waals surface area contributed by atoms with Crippen molar-refractivity contribution in [3.8, 4) is 0 Å². The molecule has 1 heterocycles. The summed E-state index contributed by atoms with van der Waals surface area (Å²) in [4.78, 5) is 26.6. The Morgan fingerprint density at radius 2 is 1.85 bits per heavy atom. The fraction of sp³-hybridized carbons (Fsp3) is 0.364. The maximum atomic E-state index is 12.9. The number of anilines is 1. The van der Waals surface area contributed by atoms with Gasteiger partial charge in [0.05, 0.1) is 0 Å². The van der Waals surface area contributed by atoms with E-state index < -0.39 is 0 Å². The van der Waals surface area contributed by atoms with Crippen molar-refractivity contribution in [1.82, 2.24) is 5.32 Å². The number of carbonyl (C=O) groups excluding carboxylic acids is 2. The van der Waals surface area contributed by atoms with Gasteiger partial charge in [0.15, 0.2) is 0 Å². The molecule has 1 N–H and O–H groups in total. The van der Waals surface area contributed by atoms with Crippen LogP contribution in [0.2, 0.25) is 0 Å². The molecule has 4 heteroatoms. The van der Waals surface area contributed by atoms with Crippen LogP contribution in [-0.4, -0.2) is 18.4 Å². The van der Waals surface area contributed by atoms with Crippen LogP contribution in [0.4, 0.5) is 5.69 Å². The molecule has 3 rings (SSSR count). The molecule has 136 valence electrons. The summed E-state index contributed by atoms with van der Waals surface area (Å²) in [6.45, 7) is 7.27. The first kappa shape index (κ1) is 18.2. The molecule has 0 atom stereocenters. The number of nitrogens with one attached hydrogen (secondary N) is 1. The molecule has 2 aromatic rings. The molecule has 2 aromatic carbocycles. The monoisotopic (exact) mass is 350 g/mol. The zero-order valence-electron chi connectivity index (χ0n) is 15.7. The molecule has 0 saturated heterocycles. The summed E-state index contributed by atoms with van der Waals surface area (Å²) in [5.74, 6) is 0.440. The third-order valence-electron chi connectivity index (χ3n) is 4.67. The van der Waals surface area contributed by atoms with Gasteiger partial charge in [-0.05, 0) is 48.6 Å². The highest BCUT2D eigenvalue weighted by molar-refractivity contribution is 6.07. The summed E-state index contributed by atoms with van der Waals surface area (Å²) in [5.41, 5.74) is 5.01. The van der Waals surface area contributed by atoms with Gasteiger partial charge in [-0.15, -0.1) is 0 Å². The van der Waals surface area contributed by atoms with E-state index in [1.807, 2.05) is 62.1 Å². The van der Waals surface area contributed by atoms with Gasteiger partial charge in [-0.1, -0.05) is 43.7 Å². The number of amides is 2. The predicted molar refractivity (Wildman–Crippen MR) is 104 cm³/mol. The fourth-order valence-corrected chi connectivity index (χ4v) is 3.24. The van der Waals surface area contributed by atoms with Crippen LogP contribution in [0.15, 0.2) is 42.5 Å². The highest BCUT2D eigenvalue weighted by Gasteiger charge is 2.25. The number of nitrogens with zero attached hydrogens (tertiary/aromatic N) is 1. The number of benzene rings is 2. The summed E-state index contributed by atoms with van der Waals surface area (Å²) < 4.78 is 0. The molecule has 1 aliphatic rings. The Morgan fingerprint density at radius 1 is 1.12 bits per heavy atom. The van der Waals surface area contributed by atoms with Crippen LogP contribution in [0.25, 0.3) is 0 Å². The Bertz CT molecular complexity index is 809. The lowest BCUT2D eigenvalue weighted by Gasteiger charge is -2.18. The van der Waals surface area contributed by atoms with Gasteiger partial charge in [-0.3, -0.25) is 9.59 Å². The van der Waals surface area contributed by atoms with Gasteiger partial charge in [0, 0.05) is 30.8 Å². The van der Waals surface area contributed by atoms with E-state index in [-0.39, 0.29) is 11.8 Å². The van der Waals surface area contributed by atoms with Crippen molar-refractivity contribution in [3.63, 3.8) is 0 Å². The standard InChI is InChI=1S/C22H26N2O2/c1-15(2)12-21(25)23-14-17-6-9-18-10-11-24(20(18)13-17)22(26)19-7-4-16(3)5-8-19/h4-9,13,15H,10-12,14H2,1-3H3,(H,23,25). The summed E-state index contributed by atoms with van der Waals surface area (Å²) in [7, 11) is 0. The number of hydrogen-bond acceptors (Lipinski definition) is 2. The van der Waals surface area contributed by atoms with E-state index >= 15 is 0 Å². The first-order valence-corrected chi connectivity index (χ1v) is 9.21. The molecule has 0 fully saturated rings. The lowest BCUT2D eigenvalue weighted by molar-refractivity contribution is -0.121. The quantitative estimate of drug-likeness (QED) is 0.890. The van der Waals surface area contributed by atoms with Crippen molar-refractivity contribution in [2.24, 2.45) is 5.92 Å². The molecule has 0 bridgehead atoms. The van der Waals surface area contributed by atoms with E-state index in [1.54, 1.807) is 0 Å². The van der Waals surface area contributed by atoms with E-state index in [9.17, 15) is 9.59 Å². The van der Waals surface area contributed by atoms with Gasteiger partial charge in [-0.25, -0.2) is 0 Å². The third-order valence-corrected chi connectivity index (χ3v) is 4.67. The Hall–Kier alpha value is -2.62. The Labute approximate surface area is 155 Å². The average molecular weight is 350 g/mol. The second-order valence-electron chi connectivity index (χ2n) is 7.41. The summed E-state index contributed by atoms with van der Waals surface area (Å²) in [6, 6.07) is 13.8. The average Bonchev–Trinajstić information content (AvgIpc) is 3.02. The number of aryl methyl sites for hydroxylation is 1. The molecule has 0 aromatic heterocycles. The first-order valence-electron chi connectivity index (χ1n) is 9.21. The number of fused-ring (bicyclic) bond motifs is 1. The van der Waals surface area contributed by atoms with Crippen LogP contribution < -0.4 is 10.2 Å². The molecular weight excluding hydrogens is 324 g/mol. The Morgan fingerprint density at radius 3 is 2.54 bits per heavy atom. The van der Waals surface area contributed by atoms with Gasteiger partial charge in [0.25, 0.3) is 5.91 Å². The van der Waals surface area contributed by atoms with Crippen molar-refractivity contribution >= 4 is 17.5 Å². The minimum absolute atomic E-state index is 0.0322. The molecule has 26 heavy (non-hydrogen) atoms. The molecule has 0 radical (unpaired) electrons. The number of carbonyl (C=O) groups is 2. The minimum Gasteiger partial charge on any atom is -0.352 e.